The molecule has 5 heteroatoms. The summed E-state index contributed by atoms with van der Waals surface area (Å²) in [4.78, 5) is 21.1. The van der Waals surface area contributed by atoms with Crippen molar-refractivity contribution in [2.24, 2.45) is 5.92 Å². The zero-order valence-corrected chi connectivity index (χ0v) is 22.7. The molecule has 0 spiro atoms. The summed E-state index contributed by atoms with van der Waals surface area (Å²) in [6, 6.07) is 15.8. The van der Waals surface area contributed by atoms with Crippen LogP contribution in [0.3, 0.4) is 0 Å². The smallest absolute Gasteiger partial charge is 0.311 e. The normalized spacial score (nSPS) is 11.8. The second kappa shape index (κ2) is 15.8. The lowest BCUT2D eigenvalue weighted by atomic mass is 10.0. The van der Waals surface area contributed by atoms with Gasteiger partial charge in [0, 0.05) is 12.0 Å². The van der Waals surface area contributed by atoms with Gasteiger partial charge in [-0.05, 0) is 42.0 Å². The molecule has 1 heterocycles. The Kier molecular flexibility index (Phi) is 12.1. The Balaban J connectivity index is 1.47. The van der Waals surface area contributed by atoms with E-state index in [1.807, 2.05) is 36.4 Å². The molecule has 3 aromatic rings. The first-order valence-corrected chi connectivity index (χ1v) is 14.0. The predicted molar refractivity (Wildman–Crippen MR) is 151 cm³/mol. The van der Waals surface area contributed by atoms with Crippen molar-refractivity contribution in [1.29, 1.82) is 0 Å². The van der Waals surface area contributed by atoms with Gasteiger partial charge in [0.2, 0.25) is 0 Å². The zero-order valence-electron chi connectivity index (χ0n) is 22.7. The van der Waals surface area contributed by atoms with Crippen molar-refractivity contribution >= 4 is 5.97 Å². The van der Waals surface area contributed by atoms with Gasteiger partial charge in [-0.25, -0.2) is 9.97 Å². The number of aromatic nitrogens is 2. The molecule has 0 N–H and O–H groups in total. The molecule has 0 aliphatic rings. The molecule has 0 amide bonds. The van der Waals surface area contributed by atoms with Crippen LogP contribution in [0.5, 0.6) is 11.5 Å². The van der Waals surface area contributed by atoms with Gasteiger partial charge in [-0.15, -0.1) is 0 Å². The Morgan fingerprint density at radius 2 is 1.32 bits per heavy atom. The van der Waals surface area contributed by atoms with E-state index in [-0.39, 0.29) is 5.97 Å². The molecule has 5 nitrogen and oxygen atoms in total. The molecule has 3 rings (SSSR count). The van der Waals surface area contributed by atoms with Crippen molar-refractivity contribution < 1.29 is 14.3 Å². The summed E-state index contributed by atoms with van der Waals surface area (Å²) in [5.74, 6) is 2.35. The number of benzene rings is 2. The van der Waals surface area contributed by atoms with E-state index >= 15 is 0 Å². The maximum atomic E-state index is 12.1. The second-order valence-electron chi connectivity index (χ2n) is 9.87. The summed E-state index contributed by atoms with van der Waals surface area (Å²) in [6.45, 7) is 7.30. The second-order valence-corrected chi connectivity index (χ2v) is 9.87. The number of ether oxygens (including phenoxy) is 2. The fraction of sp³-hybridized carbons (Fsp3) is 0.469. The molecule has 0 saturated carbocycles. The minimum Gasteiger partial charge on any atom is -0.490 e. The van der Waals surface area contributed by atoms with Crippen molar-refractivity contribution in [3.05, 3.63) is 60.9 Å². The highest BCUT2D eigenvalue weighted by Gasteiger charge is 2.09. The molecule has 0 aliphatic carbocycles. The number of unbranched alkanes of at least 4 members (excludes halogenated alkanes) is 5. The first kappa shape index (κ1) is 28.4. The molecule has 198 valence electrons. The van der Waals surface area contributed by atoms with Crippen molar-refractivity contribution in [2.75, 3.05) is 6.61 Å². The van der Waals surface area contributed by atoms with Crippen LogP contribution in [-0.2, 0) is 4.79 Å². The maximum absolute atomic E-state index is 12.1. The van der Waals surface area contributed by atoms with E-state index in [1.54, 1.807) is 12.4 Å². The topological polar surface area (TPSA) is 61.3 Å². The van der Waals surface area contributed by atoms with E-state index < -0.39 is 0 Å². The van der Waals surface area contributed by atoms with Gasteiger partial charge in [-0.1, -0.05) is 102 Å². The summed E-state index contributed by atoms with van der Waals surface area (Å²) in [5, 5.41) is 0. The molecule has 2 aromatic carbocycles. The Morgan fingerprint density at radius 3 is 1.97 bits per heavy atom. The number of carbonyl (C=O) groups is 1. The Labute approximate surface area is 222 Å². The molecular weight excluding hydrogens is 460 g/mol. The van der Waals surface area contributed by atoms with E-state index in [0.717, 1.165) is 42.4 Å². The molecule has 1 atom stereocenters. The minimum absolute atomic E-state index is 0.168. The number of hydrogen-bond acceptors (Lipinski definition) is 5. The number of carbonyl (C=O) groups excluding carboxylic acids is 1. The molecule has 0 aliphatic heterocycles. The number of hydrogen-bond donors (Lipinski definition) is 0. The van der Waals surface area contributed by atoms with Gasteiger partial charge < -0.3 is 9.47 Å². The van der Waals surface area contributed by atoms with E-state index in [9.17, 15) is 4.79 Å². The van der Waals surface area contributed by atoms with Crippen molar-refractivity contribution in [3.8, 4) is 34.0 Å². The van der Waals surface area contributed by atoms with E-state index in [2.05, 4.69) is 42.9 Å². The van der Waals surface area contributed by atoms with Crippen molar-refractivity contribution in [2.45, 2.75) is 85.0 Å². The van der Waals surface area contributed by atoms with Gasteiger partial charge >= 0.3 is 5.97 Å². The van der Waals surface area contributed by atoms with Crippen LogP contribution in [0.2, 0.25) is 0 Å². The van der Waals surface area contributed by atoms with Crippen LogP contribution in [0.4, 0.5) is 0 Å². The minimum atomic E-state index is -0.168. The zero-order chi connectivity index (χ0) is 26.3. The third-order valence-electron chi connectivity index (χ3n) is 6.58. The molecule has 0 saturated heterocycles. The number of esters is 1. The maximum Gasteiger partial charge on any atom is 0.311 e. The highest BCUT2D eigenvalue weighted by Crippen LogP contribution is 2.26. The third-order valence-corrected chi connectivity index (χ3v) is 6.58. The quantitative estimate of drug-likeness (QED) is 0.111. The first-order chi connectivity index (χ1) is 18.1. The summed E-state index contributed by atoms with van der Waals surface area (Å²) in [5.41, 5.74) is 3.09. The molecule has 37 heavy (non-hydrogen) atoms. The summed E-state index contributed by atoms with van der Waals surface area (Å²) >= 11 is 0. The lowest BCUT2D eigenvalue weighted by Gasteiger charge is -2.10. The van der Waals surface area contributed by atoms with Crippen LogP contribution in [0.25, 0.3) is 22.5 Å². The van der Waals surface area contributed by atoms with Crippen molar-refractivity contribution in [3.63, 3.8) is 0 Å². The Hall–Kier alpha value is -3.21. The predicted octanol–water partition coefficient (Wildman–Crippen LogP) is 8.67. The summed E-state index contributed by atoms with van der Waals surface area (Å²) in [6.07, 6.45) is 14.6. The Morgan fingerprint density at radius 1 is 0.730 bits per heavy atom. The van der Waals surface area contributed by atoms with Gasteiger partial charge in [-0.2, -0.15) is 0 Å². The molecule has 0 unspecified atom stereocenters. The molecule has 1 aromatic heterocycles. The lowest BCUT2D eigenvalue weighted by molar-refractivity contribution is -0.134. The molecule has 0 bridgehead atoms. The van der Waals surface area contributed by atoms with Gasteiger partial charge in [-0.3, -0.25) is 4.79 Å². The van der Waals surface area contributed by atoms with Gasteiger partial charge in [0.25, 0.3) is 0 Å². The van der Waals surface area contributed by atoms with E-state index in [1.165, 1.54) is 32.1 Å². The van der Waals surface area contributed by atoms with Gasteiger partial charge in [0.1, 0.15) is 5.75 Å². The average Bonchev–Trinajstić information content (AvgIpc) is 2.92. The average molecular weight is 503 g/mol. The largest absolute Gasteiger partial charge is 0.490 e. The standard InChI is InChI=1S/C32H42N2O3/c1-4-6-7-8-9-10-22-36-30-23-33-32(34-24-30)28-15-13-26(14-16-28)27-17-19-29(20-18-27)37-31(35)21-12-25(3)11-5-2/h13-20,23-25H,4-12,21-22H2,1-3H3/t25-/m0/s1. The van der Waals surface area contributed by atoms with Gasteiger partial charge in [0.05, 0.1) is 19.0 Å². The van der Waals surface area contributed by atoms with Crippen LogP contribution < -0.4 is 9.47 Å². The SMILES string of the molecule is CCCCCCCCOc1cnc(-c2ccc(-c3ccc(OC(=O)CC[C@@H](C)CCC)cc3)cc2)nc1. The summed E-state index contributed by atoms with van der Waals surface area (Å²) < 4.78 is 11.3. The number of rotatable bonds is 16. The van der Waals surface area contributed by atoms with Crippen LogP contribution in [0.1, 0.15) is 85.0 Å². The van der Waals surface area contributed by atoms with Crippen LogP contribution in [0.15, 0.2) is 60.9 Å². The highest BCUT2D eigenvalue weighted by molar-refractivity contribution is 5.73. The lowest BCUT2D eigenvalue weighted by Crippen LogP contribution is -2.09. The first-order valence-electron chi connectivity index (χ1n) is 14.0. The summed E-state index contributed by atoms with van der Waals surface area (Å²) in [7, 11) is 0. The Bertz CT molecular complexity index is 1050. The van der Waals surface area contributed by atoms with Crippen LogP contribution in [-0.4, -0.2) is 22.5 Å². The highest BCUT2D eigenvalue weighted by atomic mass is 16.5. The number of nitrogens with zero attached hydrogens (tertiary/aromatic N) is 2. The molecular formula is C32H42N2O3. The van der Waals surface area contributed by atoms with Gasteiger partial charge in [0.15, 0.2) is 11.6 Å². The third kappa shape index (κ3) is 9.99. The monoisotopic (exact) mass is 502 g/mol. The van der Waals surface area contributed by atoms with Crippen LogP contribution in [0, 0.1) is 5.92 Å². The van der Waals surface area contributed by atoms with E-state index in [4.69, 9.17) is 9.47 Å². The molecule has 0 radical (unpaired) electrons. The fourth-order valence-electron chi connectivity index (χ4n) is 4.32. The molecule has 0 fully saturated rings. The van der Waals surface area contributed by atoms with Crippen LogP contribution >= 0.6 is 0 Å². The van der Waals surface area contributed by atoms with Crippen molar-refractivity contribution in [1.82, 2.24) is 9.97 Å². The van der Waals surface area contributed by atoms with E-state index in [0.29, 0.717) is 36.3 Å². The fourth-order valence-corrected chi connectivity index (χ4v) is 4.32.